The number of fused-ring (bicyclic) bond motifs is 2. The summed E-state index contributed by atoms with van der Waals surface area (Å²) in [7, 11) is 1.66. The Morgan fingerprint density at radius 1 is 1.24 bits per heavy atom. The Labute approximate surface area is 148 Å². The number of methoxy groups -OCH3 is 1. The van der Waals surface area contributed by atoms with Crippen molar-refractivity contribution in [3.8, 4) is 5.75 Å². The second kappa shape index (κ2) is 6.90. The molecule has 2 bridgehead atoms. The molecule has 2 fully saturated rings. The minimum atomic E-state index is 0.119. The minimum Gasteiger partial charge on any atom is -0.497 e. The summed E-state index contributed by atoms with van der Waals surface area (Å²) in [6.45, 7) is 0.626. The van der Waals surface area contributed by atoms with Crippen molar-refractivity contribution < 1.29 is 9.53 Å². The molecule has 0 spiro atoms. The van der Waals surface area contributed by atoms with Crippen LogP contribution in [0.3, 0.4) is 0 Å². The number of carbonyl (C=O) groups is 1. The Morgan fingerprint density at radius 2 is 2.08 bits per heavy atom. The van der Waals surface area contributed by atoms with E-state index in [1.165, 1.54) is 25.7 Å². The number of anilines is 1. The molecule has 0 saturated heterocycles. The highest BCUT2D eigenvalue weighted by molar-refractivity contribution is 5.90. The number of amides is 1. The van der Waals surface area contributed by atoms with Gasteiger partial charge in [-0.25, -0.2) is 4.68 Å². The first-order chi connectivity index (χ1) is 12.2. The van der Waals surface area contributed by atoms with Crippen LogP contribution in [0, 0.1) is 17.8 Å². The molecule has 5 heteroatoms. The van der Waals surface area contributed by atoms with E-state index in [0.29, 0.717) is 18.9 Å². The van der Waals surface area contributed by atoms with E-state index in [0.717, 1.165) is 29.0 Å². The van der Waals surface area contributed by atoms with Crippen molar-refractivity contribution in [3.05, 3.63) is 42.1 Å². The van der Waals surface area contributed by atoms with E-state index < -0.39 is 0 Å². The quantitative estimate of drug-likeness (QED) is 0.873. The fourth-order valence-corrected chi connectivity index (χ4v) is 4.53. The monoisotopic (exact) mass is 339 g/mol. The fourth-order valence-electron chi connectivity index (χ4n) is 4.53. The van der Waals surface area contributed by atoms with Gasteiger partial charge in [0, 0.05) is 12.5 Å². The molecular formula is C20H25N3O2. The van der Waals surface area contributed by atoms with Gasteiger partial charge in [0.1, 0.15) is 11.6 Å². The first-order valence-electron chi connectivity index (χ1n) is 9.16. The molecule has 1 amide bonds. The molecule has 5 nitrogen and oxygen atoms in total. The highest BCUT2D eigenvalue weighted by atomic mass is 16.5. The molecule has 2 aromatic rings. The number of nitrogens with one attached hydrogen (secondary N) is 1. The van der Waals surface area contributed by atoms with Crippen LogP contribution in [0.25, 0.3) is 0 Å². The third-order valence-electron chi connectivity index (χ3n) is 5.81. The van der Waals surface area contributed by atoms with Gasteiger partial charge in [0.25, 0.3) is 0 Å². The first kappa shape index (κ1) is 16.2. The Kier molecular flexibility index (Phi) is 4.47. The number of benzene rings is 1. The third kappa shape index (κ3) is 3.55. The van der Waals surface area contributed by atoms with Gasteiger partial charge in [-0.2, -0.15) is 5.10 Å². The number of ether oxygens (including phenoxy) is 1. The largest absolute Gasteiger partial charge is 0.497 e. The first-order valence-corrected chi connectivity index (χ1v) is 9.16. The van der Waals surface area contributed by atoms with E-state index in [9.17, 15) is 4.79 Å². The maximum Gasteiger partial charge on any atom is 0.225 e. The molecule has 2 aliphatic rings. The predicted molar refractivity (Wildman–Crippen MR) is 96.5 cm³/mol. The van der Waals surface area contributed by atoms with Crippen molar-refractivity contribution in [2.75, 3.05) is 12.4 Å². The van der Waals surface area contributed by atoms with Gasteiger partial charge >= 0.3 is 0 Å². The van der Waals surface area contributed by atoms with Gasteiger partial charge in [-0.3, -0.25) is 4.79 Å². The second-order valence-corrected chi connectivity index (χ2v) is 7.41. The second-order valence-electron chi connectivity index (χ2n) is 7.41. The summed E-state index contributed by atoms with van der Waals surface area (Å²) in [5.74, 6) is 3.96. The zero-order valence-corrected chi connectivity index (χ0v) is 14.6. The lowest BCUT2D eigenvalue weighted by atomic mass is 9.86. The molecule has 132 valence electrons. The predicted octanol–water partition coefficient (Wildman–Crippen LogP) is 3.70. The van der Waals surface area contributed by atoms with Crippen LogP contribution in [-0.2, 0) is 11.3 Å². The van der Waals surface area contributed by atoms with Crippen molar-refractivity contribution in [3.63, 3.8) is 0 Å². The van der Waals surface area contributed by atoms with Crippen LogP contribution in [0.15, 0.2) is 36.5 Å². The number of carbonyl (C=O) groups excluding carboxylic acids is 1. The van der Waals surface area contributed by atoms with Crippen molar-refractivity contribution in [2.24, 2.45) is 17.8 Å². The van der Waals surface area contributed by atoms with Gasteiger partial charge in [0.05, 0.1) is 19.9 Å². The van der Waals surface area contributed by atoms with Gasteiger partial charge in [0.2, 0.25) is 5.91 Å². The Morgan fingerprint density at radius 3 is 2.76 bits per heavy atom. The maximum atomic E-state index is 12.5. The minimum absolute atomic E-state index is 0.119. The normalized spacial score (nSPS) is 24.4. The summed E-state index contributed by atoms with van der Waals surface area (Å²) in [6, 6.07) is 9.77. The summed E-state index contributed by atoms with van der Waals surface area (Å²) in [6.07, 6.45) is 7.65. The van der Waals surface area contributed by atoms with Crippen LogP contribution in [0.2, 0.25) is 0 Å². The SMILES string of the molecule is COc1ccc(Cn2nccc2NC(=O)C[C@@H]2C[C@H]3CC[C@H]2C3)cc1. The summed E-state index contributed by atoms with van der Waals surface area (Å²) < 4.78 is 7.02. The molecule has 1 heterocycles. The van der Waals surface area contributed by atoms with Crippen molar-refractivity contribution in [2.45, 2.75) is 38.6 Å². The molecule has 2 saturated carbocycles. The van der Waals surface area contributed by atoms with Crippen molar-refractivity contribution in [1.82, 2.24) is 9.78 Å². The molecule has 1 N–H and O–H groups in total. The average molecular weight is 339 g/mol. The zero-order chi connectivity index (χ0) is 17.2. The highest BCUT2D eigenvalue weighted by Crippen LogP contribution is 2.49. The number of rotatable bonds is 6. The summed E-state index contributed by atoms with van der Waals surface area (Å²) >= 11 is 0. The van der Waals surface area contributed by atoms with Crippen LogP contribution in [0.5, 0.6) is 5.75 Å². The van der Waals surface area contributed by atoms with Gasteiger partial charge in [-0.05, 0) is 54.7 Å². The number of hydrogen-bond donors (Lipinski definition) is 1. The van der Waals surface area contributed by atoms with Gasteiger partial charge in [0.15, 0.2) is 0 Å². The Balaban J connectivity index is 1.36. The molecule has 25 heavy (non-hydrogen) atoms. The van der Waals surface area contributed by atoms with E-state index in [1.54, 1.807) is 13.3 Å². The smallest absolute Gasteiger partial charge is 0.225 e. The lowest BCUT2D eigenvalue weighted by Crippen LogP contribution is -2.22. The average Bonchev–Trinajstić information content (AvgIpc) is 3.33. The number of hydrogen-bond acceptors (Lipinski definition) is 3. The van der Waals surface area contributed by atoms with E-state index in [2.05, 4.69) is 10.4 Å². The number of aromatic nitrogens is 2. The van der Waals surface area contributed by atoms with E-state index in [4.69, 9.17) is 4.74 Å². The molecule has 0 unspecified atom stereocenters. The van der Waals surface area contributed by atoms with Crippen LogP contribution in [0.4, 0.5) is 5.82 Å². The fraction of sp³-hybridized carbons (Fsp3) is 0.500. The van der Waals surface area contributed by atoms with E-state index >= 15 is 0 Å². The Bertz CT molecular complexity index is 738. The lowest BCUT2D eigenvalue weighted by molar-refractivity contribution is -0.117. The molecule has 2 aliphatic carbocycles. The number of nitrogens with zero attached hydrogens (tertiary/aromatic N) is 2. The molecule has 1 aromatic heterocycles. The van der Waals surface area contributed by atoms with Crippen LogP contribution in [-0.4, -0.2) is 22.8 Å². The molecule has 0 aliphatic heterocycles. The van der Waals surface area contributed by atoms with Crippen LogP contribution < -0.4 is 10.1 Å². The van der Waals surface area contributed by atoms with Crippen LogP contribution in [0.1, 0.15) is 37.7 Å². The standard InChI is InChI=1S/C20H25N3O2/c1-25-18-6-3-14(4-7-18)13-23-19(8-9-21-23)22-20(24)12-17-11-15-2-5-16(17)10-15/h3-4,6-9,15-17H,2,5,10-13H2,1H3,(H,22,24)/t15-,16-,17-/m0/s1. The van der Waals surface area contributed by atoms with Crippen LogP contribution >= 0.6 is 0 Å². The summed E-state index contributed by atoms with van der Waals surface area (Å²) in [4.78, 5) is 12.5. The van der Waals surface area contributed by atoms with E-state index in [-0.39, 0.29) is 5.91 Å². The van der Waals surface area contributed by atoms with Gasteiger partial charge in [-0.1, -0.05) is 18.6 Å². The maximum absolute atomic E-state index is 12.5. The topological polar surface area (TPSA) is 56.1 Å². The van der Waals surface area contributed by atoms with Crippen molar-refractivity contribution in [1.29, 1.82) is 0 Å². The van der Waals surface area contributed by atoms with Gasteiger partial charge in [-0.15, -0.1) is 0 Å². The summed E-state index contributed by atoms with van der Waals surface area (Å²) in [5, 5.41) is 7.40. The highest BCUT2D eigenvalue weighted by Gasteiger charge is 2.40. The Hall–Kier alpha value is -2.30. The molecule has 4 rings (SSSR count). The molecule has 3 atom stereocenters. The zero-order valence-electron chi connectivity index (χ0n) is 14.6. The van der Waals surface area contributed by atoms with Gasteiger partial charge < -0.3 is 10.1 Å². The lowest BCUT2D eigenvalue weighted by Gasteiger charge is -2.21. The molecular weight excluding hydrogens is 314 g/mol. The van der Waals surface area contributed by atoms with E-state index in [1.807, 2.05) is 35.0 Å². The van der Waals surface area contributed by atoms with Crippen molar-refractivity contribution >= 4 is 11.7 Å². The molecule has 0 radical (unpaired) electrons. The third-order valence-corrected chi connectivity index (χ3v) is 5.81. The molecule has 1 aromatic carbocycles. The summed E-state index contributed by atoms with van der Waals surface area (Å²) in [5.41, 5.74) is 1.12.